The Kier molecular flexibility index (Phi) is 5.30. The molecule has 5 heteroatoms. The molecule has 3 heterocycles. The third-order valence-electron chi connectivity index (χ3n) is 6.03. The molecular weight excluding hydrogens is 378 g/mol. The Labute approximate surface area is 177 Å². The van der Waals surface area contributed by atoms with Crippen LogP contribution in [0.25, 0.3) is 0 Å². The van der Waals surface area contributed by atoms with Crippen LogP contribution < -0.4 is 4.90 Å². The molecule has 2 aromatic heterocycles. The van der Waals surface area contributed by atoms with E-state index in [-0.39, 0.29) is 0 Å². The van der Waals surface area contributed by atoms with Crippen molar-refractivity contribution in [3.8, 4) is 0 Å². The fraction of sp³-hybridized carbons (Fsp3) is 0.458. The van der Waals surface area contributed by atoms with Gasteiger partial charge in [0.1, 0.15) is 5.60 Å². The van der Waals surface area contributed by atoms with Gasteiger partial charge in [-0.15, -0.1) is 11.3 Å². The third-order valence-corrected chi connectivity index (χ3v) is 7.05. The van der Waals surface area contributed by atoms with Crippen molar-refractivity contribution in [2.45, 2.75) is 59.0 Å². The number of fused-ring (bicyclic) bond motifs is 1. The van der Waals surface area contributed by atoms with Crippen LogP contribution in [-0.2, 0) is 19.1 Å². The van der Waals surface area contributed by atoms with Crippen molar-refractivity contribution >= 4 is 22.8 Å². The fourth-order valence-electron chi connectivity index (χ4n) is 5.09. The van der Waals surface area contributed by atoms with Gasteiger partial charge in [0.15, 0.2) is 5.82 Å². The molecule has 0 saturated heterocycles. The molecule has 3 aromatic rings. The van der Waals surface area contributed by atoms with E-state index in [9.17, 15) is 5.11 Å². The first kappa shape index (κ1) is 20.2. The first-order valence-electron chi connectivity index (χ1n) is 10.5. The summed E-state index contributed by atoms with van der Waals surface area (Å²) in [6, 6.07) is 8.57. The monoisotopic (exact) mass is 409 g/mol. The number of benzene rings is 1. The van der Waals surface area contributed by atoms with Crippen molar-refractivity contribution < 1.29 is 5.11 Å². The molecule has 0 fully saturated rings. The fourth-order valence-corrected chi connectivity index (χ4v) is 5.94. The van der Waals surface area contributed by atoms with Gasteiger partial charge in [0, 0.05) is 29.7 Å². The molecular formula is C24H31N3OS. The van der Waals surface area contributed by atoms with Gasteiger partial charge in [0.05, 0.1) is 5.69 Å². The number of aryl methyl sites for hydroxylation is 4. The summed E-state index contributed by atoms with van der Waals surface area (Å²) in [7, 11) is 1.98. The van der Waals surface area contributed by atoms with Gasteiger partial charge in [-0.2, -0.15) is 5.10 Å². The summed E-state index contributed by atoms with van der Waals surface area (Å²) in [5.41, 5.74) is 6.29. The highest BCUT2D eigenvalue weighted by atomic mass is 32.1. The lowest BCUT2D eigenvalue weighted by atomic mass is 9.87. The Morgan fingerprint density at radius 1 is 1.21 bits per heavy atom. The molecule has 1 aliphatic heterocycles. The van der Waals surface area contributed by atoms with Gasteiger partial charge in [-0.3, -0.25) is 4.68 Å². The molecule has 0 bridgehead atoms. The average molecular weight is 410 g/mol. The summed E-state index contributed by atoms with van der Waals surface area (Å²) in [6.07, 6.45) is 3.62. The average Bonchev–Trinajstić information content (AvgIpc) is 3.29. The predicted molar refractivity (Wildman–Crippen MR) is 121 cm³/mol. The van der Waals surface area contributed by atoms with Gasteiger partial charge in [0.2, 0.25) is 0 Å². The molecule has 0 amide bonds. The third kappa shape index (κ3) is 3.30. The number of thiophene rings is 1. The van der Waals surface area contributed by atoms with Crippen LogP contribution >= 0.6 is 11.3 Å². The molecule has 1 atom stereocenters. The maximum Gasteiger partial charge on any atom is 0.158 e. The lowest BCUT2D eigenvalue weighted by Crippen LogP contribution is -2.31. The Morgan fingerprint density at radius 2 is 1.93 bits per heavy atom. The largest absolute Gasteiger partial charge is 0.378 e. The minimum atomic E-state index is -0.987. The number of aromatic nitrogens is 2. The zero-order valence-electron chi connectivity index (χ0n) is 18.1. The topological polar surface area (TPSA) is 41.3 Å². The van der Waals surface area contributed by atoms with Crippen molar-refractivity contribution in [2.24, 2.45) is 7.05 Å². The van der Waals surface area contributed by atoms with Gasteiger partial charge in [-0.25, -0.2) is 0 Å². The molecule has 154 valence electrons. The van der Waals surface area contributed by atoms with E-state index in [0.29, 0.717) is 6.42 Å². The molecule has 0 spiro atoms. The van der Waals surface area contributed by atoms with E-state index in [0.717, 1.165) is 42.2 Å². The Hall–Kier alpha value is -2.11. The first-order valence-corrected chi connectivity index (χ1v) is 11.4. The normalized spacial score (nSPS) is 16.0. The lowest BCUT2D eigenvalue weighted by Gasteiger charge is -2.33. The summed E-state index contributed by atoms with van der Waals surface area (Å²) in [5, 5.41) is 18.9. The minimum Gasteiger partial charge on any atom is -0.378 e. The van der Waals surface area contributed by atoms with Crippen molar-refractivity contribution in [1.29, 1.82) is 0 Å². The van der Waals surface area contributed by atoms with Crippen LogP contribution in [0, 0.1) is 20.8 Å². The van der Waals surface area contributed by atoms with Gasteiger partial charge < -0.3 is 10.0 Å². The number of anilines is 2. The maximum absolute atomic E-state index is 11.9. The Morgan fingerprint density at radius 3 is 2.55 bits per heavy atom. The molecule has 0 radical (unpaired) electrons. The van der Waals surface area contributed by atoms with E-state index in [4.69, 9.17) is 5.10 Å². The van der Waals surface area contributed by atoms with E-state index in [1.54, 1.807) is 11.3 Å². The van der Waals surface area contributed by atoms with Gasteiger partial charge in [-0.05, 0) is 62.6 Å². The molecule has 4 nitrogen and oxygen atoms in total. The molecule has 0 aliphatic carbocycles. The van der Waals surface area contributed by atoms with Crippen LogP contribution in [0.5, 0.6) is 0 Å². The molecule has 1 aromatic carbocycles. The smallest absolute Gasteiger partial charge is 0.158 e. The van der Waals surface area contributed by atoms with Crippen LogP contribution in [0.3, 0.4) is 0 Å². The van der Waals surface area contributed by atoms with Gasteiger partial charge >= 0.3 is 0 Å². The zero-order chi connectivity index (χ0) is 20.8. The number of nitrogens with zero attached hydrogens (tertiary/aromatic N) is 3. The molecule has 1 aliphatic rings. The SMILES string of the molecule is CCCC(O)(c1cccs1)c1c2c(nn1C)N(c1c(C)cc(C)cc1C)CCC2. The second-order valence-electron chi connectivity index (χ2n) is 8.36. The highest BCUT2D eigenvalue weighted by molar-refractivity contribution is 7.10. The van der Waals surface area contributed by atoms with Gasteiger partial charge in [0.25, 0.3) is 0 Å². The quantitative estimate of drug-likeness (QED) is 0.603. The van der Waals surface area contributed by atoms with Gasteiger partial charge in [-0.1, -0.05) is 37.1 Å². The van der Waals surface area contributed by atoms with E-state index in [1.807, 2.05) is 23.2 Å². The Bertz CT molecular complexity index is 998. The van der Waals surface area contributed by atoms with Crippen LogP contribution in [0.4, 0.5) is 11.5 Å². The van der Waals surface area contributed by atoms with E-state index >= 15 is 0 Å². The second-order valence-corrected chi connectivity index (χ2v) is 9.31. The van der Waals surface area contributed by atoms with Crippen molar-refractivity contribution in [3.05, 3.63) is 62.5 Å². The van der Waals surface area contributed by atoms with Crippen molar-refractivity contribution in [2.75, 3.05) is 11.4 Å². The summed E-state index contributed by atoms with van der Waals surface area (Å²) in [4.78, 5) is 3.37. The molecule has 1 unspecified atom stereocenters. The highest BCUT2D eigenvalue weighted by Crippen LogP contribution is 2.44. The summed E-state index contributed by atoms with van der Waals surface area (Å²) in [5.74, 6) is 1.01. The summed E-state index contributed by atoms with van der Waals surface area (Å²) < 4.78 is 1.93. The van der Waals surface area contributed by atoms with E-state index < -0.39 is 5.60 Å². The number of hydrogen-bond donors (Lipinski definition) is 1. The highest BCUT2D eigenvalue weighted by Gasteiger charge is 2.40. The second kappa shape index (κ2) is 7.62. The molecule has 4 rings (SSSR count). The Balaban J connectivity index is 1.89. The predicted octanol–water partition coefficient (Wildman–Crippen LogP) is 5.53. The first-order chi connectivity index (χ1) is 13.9. The van der Waals surface area contributed by atoms with Crippen molar-refractivity contribution in [1.82, 2.24) is 9.78 Å². The van der Waals surface area contributed by atoms with E-state index in [1.165, 1.54) is 27.9 Å². The van der Waals surface area contributed by atoms with Crippen LogP contribution in [0.1, 0.15) is 59.0 Å². The van der Waals surface area contributed by atoms with Crippen LogP contribution in [0.15, 0.2) is 29.6 Å². The molecule has 1 N–H and O–H groups in total. The molecule has 0 saturated carbocycles. The van der Waals surface area contributed by atoms with Crippen LogP contribution in [0.2, 0.25) is 0 Å². The lowest BCUT2D eigenvalue weighted by molar-refractivity contribution is 0.0643. The van der Waals surface area contributed by atoms with Crippen LogP contribution in [-0.4, -0.2) is 21.4 Å². The zero-order valence-corrected chi connectivity index (χ0v) is 18.9. The molecule has 29 heavy (non-hydrogen) atoms. The summed E-state index contributed by atoms with van der Waals surface area (Å²) in [6.45, 7) is 9.61. The number of hydrogen-bond acceptors (Lipinski definition) is 4. The minimum absolute atomic E-state index is 0.697. The standard InChI is InChI=1S/C24H31N3OS/c1-6-11-24(28,20-10-8-13-29-20)22-19-9-7-12-27(23(19)25-26(22)5)21-17(3)14-16(2)15-18(21)4/h8,10,13-15,28H,6-7,9,11-12H2,1-5H3. The van der Waals surface area contributed by atoms with Crippen molar-refractivity contribution in [3.63, 3.8) is 0 Å². The van der Waals surface area contributed by atoms with E-state index in [2.05, 4.69) is 50.8 Å². The summed E-state index contributed by atoms with van der Waals surface area (Å²) >= 11 is 1.63. The number of aliphatic hydroxyl groups is 1. The maximum atomic E-state index is 11.9. The number of rotatable bonds is 5.